The van der Waals surface area contributed by atoms with Crippen LogP contribution in [-0.2, 0) is 4.74 Å². The fraction of sp³-hybridized carbons (Fsp3) is 0.600. The van der Waals surface area contributed by atoms with Crippen LogP contribution in [0.2, 0.25) is 0 Å². The molecule has 0 unspecified atom stereocenters. The molecule has 0 amide bonds. The number of hydrogen-bond acceptors (Lipinski definition) is 2. The van der Waals surface area contributed by atoms with Crippen molar-refractivity contribution < 1.29 is 4.74 Å². The van der Waals surface area contributed by atoms with Crippen molar-refractivity contribution in [2.45, 2.75) is 13.8 Å². The Morgan fingerprint density at radius 3 is 2.58 bits per heavy atom. The van der Waals surface area contributed by atoms with Gasteiger partial charge in [-0.25, -0.2) is 0 Å². The molecule has 0 N–H and O–H groups in total. The molecular weight excluding hydrogens is 150 g/mol. The molecule has 0 fully saturated rings. The van der Waals surface area contributed by atoms with Crippen molar-refractivity contribution in [3.05, 3.63) is 12.3 Å². The van der Waals surface area contributed by atoms with E-state index >= 15 is 0 Å². The summed E-state index contributed by atoms with van der Waals surface area (Å²) in [6, 6.07) is 0. The third-order valence-corrected chi connectivity index (χ3v) is 1.68. The molecule has 0 rings (SSSR count). The number of terminal acetylenes is 1. The molecule has 0 saturated carbocycles. The Balaban J connectivity index is 3.30. The van der Waals surface area contributed by atoms with E-state index in [2.05, 4.69) is 24.7 Å². The highest BCUT2D eigenvalue weighted by molar-refractivity contribution is 5.05. The highest BCUT2D eigenvalue weighted by Gasteiger charge is 1.96. The summed E-state index contributed by atoms with van der Waals surface area (Å²) in [6.45, 7) is 8.08. The first-order valence-corrected chi connectivity index (χ1v) is 4.30. The maximum atomic E-state index is 5.14. The van der Waals surface area contributed by atoms with Crippen molar-refractivity contribution in [1.82, 2.24) is 4.90 Å². The van der Waals surface area contributed by atoms with Crippen LogP contribution in [0, 0.1) is 12.3 Å². The molecule has 0 aromatic carbocycles. The molecule has 0 saturated heterocycles. The lowest BCUT2D eigenvalue weighted by atomic mass is 10.5. The van der Waals surface area contributed by atoms with E-state index in [1.807, 2.05) is 0 Å². The van der Waals surface area contributed by atoms with Crippen LogP contribution in [0.15, 0.2) is 12.3 Å². The summed E-state index contributed by atoms with van der Waals surface area (Å²) >= 11 is 0. The first kappa shape index (κ1) is 11.1. The zero-order chi connectivity index (χ0) is 9.23. The van der Waals surface area contributed by atoms with Gasteiger partial charge in [0, 0.05) is 12.6 Å². The molecule has 68 valence electrons. The van der Waals surface area contributed by atoms with Gasteiger partial charge in [0.1, 0.15) is 6.61 Å². The van der Waals surface area contributed by atoms with Gasteiger partial charge >= 0.3 is 0 Å². The van der Waals surface area contributed by atoms with Crippen molar-refractivity contribution >= 4 is 0 Å². The minimum absolute atomic E-state index is 0.708. The third kappa shape index (κ3) is 5.82. The van der Waals surface area contributed by atoms with Gasteiger partial charge in [-0.2, -0.15) is 0 Å². The summed E-state index contributed by atoms with van der Waals surface area (Å²) in [4.78, 5) is 2.30. The van der Waals surface area contributed by atoms with Gasteiger partial charge in [0.25, 0.3) is 0 Å². The molecule has 2 heteroatoms. The Hall–Kier alpha value is -0.940. The summed E-state index contributed by atoms with van der Waals surface area (Å²) in [5, 5.41) is 0. The predicted molar refractivity (Wildman–Crippen MR) is 51.7 cm³/mol. The van der Waals surface area contributed by atoms with Gasteiger partial charge in [-0.1, -0.05) is 19.8 Å². The second kappa shape index (κ2) is 8.16. The molecule has 2 nitrogen and oxygen atoms in total. The number of likely N-dealkylation sites (N-methyl/N-ethyl adjacent to an activating group) is 1. The van der Waals surface area contributed by atoms with Crippen LogP contribution in [0.5, 0.6) is 0 Å². The molecule has 0 aromatic heterocycles. The molecule has 0 bridgehead atoms. The maximum Gasteiger partial charge on any atom is 0.100 e. The van der Waals surface area contributed by atoms with Gasteiger partial charge in [-0.3, -0.25) is 0 Å². The van der Waals surface area contributed by atoms with E-state index in [0.717, 1.165) is 19.6 Å². The Labute approximate surface area is 75.2 Å². The zero-order valence-corrected chi connectivity index (χ0v) is 7.92. The number of rotatable bonds is 6. The van der Waals surface area contributed by atoms with E-state index in [-0.39, 0.29) is 0 Å². The van der Waals surface area contributed by atoms with Gasteiger partial charge in [0.15, 0.2) is 0 Å². The topological polar surface area (TPSA) is 12.5 Å². The summed E-state index contributed by atoms with van der Waals surface area (Å²) < 4.78 is 5.14. The molecule has 0 spiro atoms. The highest BCUT2D eigenvalue weighted by atomic mass is 16.5. The fourth-order valence-electron chi connectivity index (χ4n) is 0.877. The largest absolute Gasteiger partial charge is 0.499 e. The minimum Gasteiger partial charge on any atom is -0.499 e. The van der Waals surface area contributed by atoms with Crippen LogP contribution in [-0.4, -0.2) is 31.1 Å². The van der Waals surface area contributed by atoms with E-state index < -0.39 is 0 Å². The molecular formula is C10H17NO. The van der Waals surface area contributed by atoms with E-state index in [1.54, 1.807) is 12.3 Å². The fourth-order valence-corrected chi connectivity index (χ4v) is 0.877. The van der Waals surface area contributed by atoms with Gasteiger partial charge in [0.05, 0.1) is 6.26 Å². The molecule has 12 heavy (non-hydrogen) atoms. The Morgan fingerprint density at radius 1 is 1.42 bits per heavy atom. The second-order valence-electron chi connectivity index (χ2n) is 2.37. The Kier molecular flexibility index (Phi) is 7.52. The number of nitrogens with zero attached hydrogens (tertiary/aromatic N) is 1. The first-order valence-electron chi connectivity index (χ1n) is 4.30. The van der Waals surface area contributed by atoms with Gasteiger partial charge < -0.3 is 9.64 Å². The van der Waals surface area contributed by atoms with Crippen LogP contribution in [0.25, 0.3) is 0 Å². The highest BCUT2D eigenvalue weighted by Crippen LogP contribution is 1.87. The maximum absolute atomic E-state index is 5.14. The van der Waals surface area contributed by atoms with Crippen molar-refractivity contribution in [3.63, 3.8) is 0 Å². The standard InChI is InChI=1S/C10H17NO/c1-4-7-9-12-10-8-11(5-2)6-3/h1,7,9H,5-6,8,10H2,2-3H3/b9-7+. The minimum atomic E-state index is 0.708. The summed E-state index contributed by atoms with van der Waals surface area (Å²) in [7, 11) is 0. The van der Waals surface area contributed by atoms with Crippen molar-refractivity contribution in [2.75, 3.05) is 26.2 Å². The number of allylic oxidation sites excluding steroid dienone is 1. The van der Waals surface area contributed by atoms with Crippen LogP contribution in [0.4, 0.5) is 0 Å². The predicted octanol–water partition coefficient (Wildman–Crippen LogP) is 1.49. The molecule has 0 aliphatic heterocycles. The summed E-state index contributed by atoms with van der Waals surface area (Å²) in [5.74, 6) is 2.36. The van der Waals surface area contributed by atoms with E-state index in [0.29, 0.717) is 6.61 Å². The summed E-state index contributed by atoms with van der Waals surface area (Å²) in [6.07, 6.45) is 8.11. The Morgan fingerprint density at radius 2 is 2.08 bits per heavy atom. The average molecular weight is 167 g/mol. The van der Waals surface area contributed by atoms with Crippen molar-refractivity contribution in [1.29, 1.82) is 0 Å². The first-order chi connectivity index (χ1) is 5.85. The van der Waals surface area contributed by atoms with Gasteiger partial charge in [-0.15, -0.1) is 6.42 Å². The van der Waals surface area contributed by atoms with E-state index in [4.69, 9.17) is 11.2 Å². The normalized spacial score (nSPS) is 10.5. The SMILES string of the molecule is C#C/C=C/OCCN(CC)CC. The van der Waals surface area contributed by atoms with Crippen molar-refractivity contribution in [3.8, 4) is 12.3 Å². The zero-order valence-electron chi connectivity index (χ0n) is 7.92. The lowest BCUT2D eigenvalue weighted by Crippen LogP contribution is -2.26. The van der Waals surface area contributed by atoms with Crippen molar-refractivity contribution in [2.24, 2.45) is 0 Å². The van der Waals surface area contributed by atoms with Crippen LogP contribution in [0.1, 0.15) is 13.8 Å². The molecule has 0 aliphatic carbocycles. The molecule has 0 aromatic rings. The molecule has 0 radical (unpaired) electrons. The lowest BCUT2D eigenvalue weighted by molar-refractivity contribution is 0.186. The molecule has 0 heterocycles. The van der Waals surface area contributed by atoms with E-state index in [1.165, 1.54) is 0 Å². The third-order valence-electron chi connectivity index (χ3n) is 1.68. The van der Waals surface area contributed by atoms with E-state index in [9.17, 15) is 0 Å². The van der Waals surface area contributed by atoms with Gasteiger partial charge in [0.2, 0.25) is 0 Å². The molecule has 0 atom stereocenters. The van der Waals surface area contributed by atoms with Crippen LogP contribution in [0.3, 0.4) is 0 Å². The number of ether oxygens (including phenoxy) is 1. The van der Waals surface area contributed by atoms with Gasteiger partial charge in [-0.05, 0) is 13.1 Å². The smallest absolute Gasteiger partial charge is 0.100 e. The summed E-state index contributed by atoms with van der Waals surface area (Å²) in [5.41, 5.74) is 0. The monoisotopic (exact) mass is 167 g/mol. The second-order valence-corrected chi connectivity index (χ2v) is 2.37. The quantitative estimate of drug-likeness (QED) is 0.337. The average Bonchev–Trinajstić information content (AvgIpc) is 2.11. The van der Waals surface area contributed by atoms with Crippen LogP contribution < -0.4 is 0 Å². The number of hydrogen-bond donors (Lipinski definition) is 0. The lowest BCUT2D eigenvalue weighted by Gasteiger charge is -2.16. The Bertz CT molecular complexity index is 154. The van der Waals surface area contributed by atoms with Crippen LogP contribution >= 0.6 is 0 Å². The molecule has 0 aliphatic rings.